The van der Waals surface area contributed by atoms with Crippen LogP contribution in [0.4, 0.5) is 4.79 Å². The van der Waals surface area contributed by atoms with Gasteiger partial charge in [-0.3, -0.25) is 0 Å². The summed E-state index contributed by atoms with van der Waals surface area (Å²) in [6.07, 6.45) is 1.83. The Labute approximate surface area is 110 Å². The number of carbonyl (C=O) groups excluding carboxylic acids is 1. The van der Waals surface area contributed by atoms with Crippen LogP contribution in [-0.4, -0.2) is 65.4 Å². The molecule has 2 rings (SSSR count). The first-order chi connectivity index (χ1) is 8.68. The monoisotopic (exact) mass is 274 g/mol. The molecule has 2 atom stereocenters. The molecule has 0 spiro atoms. The van der Waals surface area contributed by atoms with E-state index in [0.29, 0.717) is 18.9 Å². The van der Waals surface area contributed by atoms with E-state index < -0.39 is 12.0 Å². The average Bonchev–Trinajstić information content (AvgIpc) is 2.40. The number of thioether (sulfide) groups is 1. The van der Waals surface area contributed by atoms with Gasteiger partial charge in [0, 0.05) is 24.7 Å². The highest BCUT2D eigenvalue weighted by Crippen LogP contribution is 2.17. The maximum atomic E-state index is 12.1. The van der Waals surface area contributed by atoms with Crippen LogP contribution in [-0.2, 0) is 9.53 Å². The minimum Gasteiger partial charge on any atom is -0.480 e. The summed E-state index contributed by atoms with van der Waals surface area (Å²) in [6, 6.07) is -0.985. The fourth-order valence-corrected chi connectivity index (χ4v) is 3.20. The zero-order chi connectivity index (χ0) is 13.0. The predicted molar refractivity (Wildman–Crippen MR) is 67.8 cm³/mol. The lowest BCUT2D eigenvalue weighted by Gasteiger charge is -2.34. The van der Waals surface area contributed by atoms with E-state index in [9.17, 15) is 9.59 Å². The molecule has 2 heterocycles. The van der Waals surface area contributed by atoms with Crippen molar-refractivity contribution in [2.75, 3.05) is 31.3 Å². The summed E-state index contributed by atoms with van der Waals surface area (Å²) >= 11 is 1.57. The number of nitrogens with one attached hydrogen (secondary N) is 1. The van der Waals surface area contributed by atoms with Gasteiger partial charge in [0.2, 0.25) is 0 Å². The standard InChI is InChI=1S/C11H18N2O4S/c14-10(15)9-7-18-5-3-13(9)11(16)12-8-2-1-4-17-6-8/h8-9H,1-7H2,(H,12,16)(H,14,15). The summed E-state index contributed by atoms with van der Waals surface area (Å²) in [6.45, 7) is 1.75. The van der Waals surface area contributed by atoms with Crippen molar-refractivity contribution in [2.24, 2.45) is 0 Å². The fourth-order valence-electron chi connectivity index (χ4n) is 2.16. The van der Waals surface area contributed by atoms with Crippen molar-refractivity contribution in [3.05, 3.63) is 0 Å². The van der Waals surface area contributed by atoms with Crippen LogP contribution < -0.4 is 5.32 Å². The summed E-state index contributed by atoms with van der Waals surface area (Å²) < 4.78 is 5.29. The van der Waals surface area contributed by atoms with Crippen LogP contribution in [0.2, 0.25) is 0 Å². The first kappa shape index (κ1) is 13.5. The third kappa shape index (κ3) is 3.29. The Bertz CT molecular complexity index is 320. The van der Waals surface area contributed by atoms with E-state index in [1.54, 1.807) is 11.8 Å². The molecule has 2 amide bonds. The minimum atomic E-state index is -0.933. The van der Waals surface area contributed by atoms with Gasteiger partial charge >= 0.3 is 12.0 Å². The number of nitrogens with zero attached hydrogens (tertiary/aromatic N) is 1. The Morgan fingerprint density at radius 3 is 2.94 bits per heavy atom. The topological polar surface area (TPSA) is 78.9 Å². The van der Waals surface area contributed by atoms with Gasteiger partial charge in [-0.15, -0.1) is 0 Å². The minimum absolute atomic E-state index is 0.00951. The fraction of sp³-hybridized carbons (Fsp3) is 0.818. The third-order valence-corrected chi connectivity index (χ3v) is 4.18. The van der Waals surface area contributed by atoms with Crippen LogP contribution in [0.25, 0.3) is 0 Å². The van der Waals surface area contributed by atoms with Crippen molar-refractivity contribution in [3.63, 3.8) is 0 Å². The number of ether oxygens (including phenoxy) is 1. The van der Waals surface area contributed by atoms with Crippen molar-refractivity contribution < 1.29 is 19.4 Å². The summed E-state index contributed by atoms with van der Waals surface area (Å²) in [5.74, 6) is 0.319. The van der Waals surface area contributed by atoms with Gasteiger partial charge in [0.05, 0.1) is 12.6 Å². The molecular weight excluding hydrogens is 256 g/mol. The molecule has 0 saturated carbocycles. The Morgan fingerprint density at radius 1 is 1.44 bits per heavy atom. The molecule has 0 aromatic heterocycles. The number of rotatable bonds is 2. The van der Waals surface area contributed by atoms with Crippen molar-refractivity contribution in [1.82, 2.24) is 10.2 Å². The Morgan fingerprint density at radius 2 is 2.28 bits per heavy atom. The highest BCUT2D eigenvalue weighted by Gasteiger charge is 2.33. The lowest BCUT2D eigenvalue weighted by Crippen LogP contribution is -2.56. The van der Waals surface area contributed by atoms with Crippen LogP contribution in [0.3, 0.4) is 0 Å². The number of amides is 2. The number of hydrogen-bond acceptors (Lipinski definition) is 4. The lowest BCUT2D eigenvalue weighted by molar-refractivity contribution is -0.141. The van der Waals surface area contributed by atoms with Gasteiger partial charge < -0.3 is 20.1 Å². The molecule has 0 bridgehead atoms. The second kappa shape index (κ2) is 6.29. The number of carboxylic acids is 1. The highest BCUT2D eigenvalue weighted by molar-refractivity contribution is 7.99. The number of aliphatic carboxylic acids is 1. The molecule has 7 heteroatoms. The van der Waals surface area contributed by atoms with Crippen LogP contribution in [0.15, 0.2) is 0 Å². The van der Waals surface area contributed by atoms with E-state index in [4.69, 9.17) is 9.84 Å². The predicted octanol–water partition coefficient (Wildman–Crippen LogP) is 0.377. The molecule has 0 aliphatic carbocycles. The zero-order valence-electron chi connectivity index (χ0n) is 10.1. The Balaban J connectivity index is 1.91. The molecular formula is C11H18N2O4S. The molecule has 0 aromatic rings. The summed E-state index contributed by atoms with van der Waals surface area (Å²) in [5, 5.41) is 12.0. The molecule has 2 aliphatic rings. The summed E-state index contributed by atoms with van der Waals surface area (Å²) in [5.41, 5.74) is 0. The maximum absolute atomic E-state index is 12.1. The Hall–Kier alpha value is -0.950. The SMILES string of the molecule is O=C(O)C1CSCCN1C(=O)NC1CCCOC1. The van der Waals surface area contributed by atoms with Gasteiger partial charge in [-0.2, -0.15) is 11.8 Å². The molecule has 18 heavy (non-hydrogen) atoms. The molecule has 2 aliphatic heterocycles. The van der Waals surface area contributed by atoms with Gasteiger partial charge in [-0.1, -0.05) is 0 Å². The lowest BCUT2D eigenvalue weighted by atomic mass is 10.1. The van der Waals surface area contributed by atoms with Crippen LogP contribution in [0, 0.1) is 0 Å². The molecule has 102 valence electrons. The van der Waals surface area contributed by atoms with Crippen LogP contribution >= 0.6 is 11.8 Å². The third-order valence-electron chi connectivity index (χ3n) is 3.16. The molecule has 2 fully saturated rings. The van der Waals surface area contributed by atoms with Crippen molar-refractivity contribution in [3.8, 4) is 0 Å². The van der Waals surface area contributed by atoms with Gasteiger partial charge in [0.25, 0.3) is 0 Å². The first-order valence-electron chi connectivity index (χ1n) is 6.14. The molecule has 0 aromatic carbocycles. The molecule has 2 N–H and O–H groups in total. The van der Waals surface area contributed by atoms with E-state index in [1.807, 2.05) is 0 Å². The van der Waals surface area contributed by atoms with Crippen molar-refractivity contribution in [2.45, 2.75) is 24.9 Å². The summed E-state index contributed by atoms with van der Waals surface area (Å²) in [7, 11) is 0. The van der Waals surface area contributed by atoms with Gasteiger partial charge in [0.15, 0.2) is 0 Å². The molecule has 2 unspecified atom stereocenters. The molecule has 6 nitrogen and oxygen atoms in total. The normalized spacial score (nSPS) is 28.8. The number of carbonyl (C=O) groups is 2. The van der Waals surface area contributed by atoms with E-state index >= 15 is 0 Å². The second-order valence-corrected chi connectivity index (χ2v) is 5.64. The summed E-state index contributed by atoms with van der Waals surface area (Å²) in [4.78, 5) is 24.6. The Kier molecular flexibility index (Phi) is 4.71. The second-order valence-electron chi connectivity index (χ2n) is 4.49. The van der Waals surface area contributed by atoms with E-state index in [1.165, 1.54) is 4.90 Å². The largest absolute Gasteiger partial charge is 0.480 e. The van der Waals surface area contributed by atoms with E-state index in [2.05, 4.69) is 5.32 Å². The van der Waals surface area contributed by atoms with Crippen molar-refractivity contribution >= 4 is 23.8 Å². The van der Waals surface area contributed by atoms with Crippen LogP contribution in [0.1, 0.15) is 12.8 Å². The van der Waals surface area contributed by atoms with Gasteiger partial charge in [-0.05, 0) is 12.8 Å². The molecule has 0 radical (unpaired) electrons. The highest BCUT2D eigenvalue weighted by atomic mass is 32.2. The smallest absolute Gasteiger partial charge is 0.327 e. The van der Waals surface area contributed by atoms with Crippen LogP contribution in [0.5, 0.6) is 0 Å². The maximum Gasteiger partial charge on any atom is 0.327 e. The number of urea groups is 1. The number of hydrogen-bond donors (Lipinski definition) is 2. The quantitative estimate of drug-likeness (QED) is 0.761. The zero-order valence-corrected chi connectivity index (χ0v) is 10.9. The first-order valence-corrected chi connectivity index (χ1v) is 7.29. The van der Waals surface area contributed by atoms with Crippen molar-refractivity contribution in [1.29, 1.82) is 0 Å². The van der Waals surface area contributed by atoms with E-state index in [-0.39, 0.29) is 12.1 Å². The number of carboxylic acid groups (broad SMARTS) is 1. The average molecular weight is 274 g/mol. The van der Waals surface area contributed by atoms with Gasteiger partial charge in [-0.25, -0.2) is 9.59 Å². The molecule has 2 saturated heterocycles. The van der Waals surface area contributed by atoms with Gasteiger partial charge in [0.1, 0.15) is 6.04 Å². The van der Waals surface area contributed by atoms with E-state index in [0.717, 1.165) is 25.2 Å².